The molecule has 28 heavy (non-hydrogen) atoms. The lowest BCUT2D eigenvalue weighted by molar-refractivity contribution is 0.548. The minimum Gasteiger partial charge on any atom is -0.329 e. The van der Waals surface area contributed by atoms with E-state index in [0.29, 0.717) is 0 Å². The number of hydrogen-bond acceptors (Lipinski definition) is 4. The van der Waals surface area contributed by atoms with Gasteiger partial charge in [-0.3, -0.25) is 0 Å². The van der Waals surface area contributed by atoms with Crippen LogP contribution in [0.3, 0.4) is 0 Å². The van der Waals surface area contributed by atoms with E-state index in [1.54, 1.807) is 0 Å². The van der Waals surface area contributed by atoms with Gasteiger partial charge in [0.2, 0.25) is 0 Å². The molecule has 4 nitrogen and oxygen atoms in total. The Hall–Kier alpha value is -0.420. The van der Waals surface area contributed by atoms with Crippen molar-refractivity contribution in [1.29, 1.82) is 0 Å². The summed E-state index contributed by atoms with van der Waals surface area (Å²) in [5.74, 6) is 0. The minimum absolute atomic E-state index is 0.720. The van der Waals surface area contributed by atoms with Gasteiger partial charge in [-0.1, -0.05) is 76.9 Å². The van der Waals surface area contributed by atoms with Gasteiger partial charge >= 0.3 is 0 Å². The lowest BCUT2D eigenvalue weighted by Gasteiger charge is -2.07. The lowest BCUT2D eigenvalue weighted by atomic mass is 10.1. The minimum atomic E-state index is 0.720. The van der Waals surface area contributed by atoms with E-state index >= 15 is 0 Å². The van der Waals surface area contributed by atoms with Crippen LogP contribution in [0, 0.1) is 0 Å². The van der Waals surface area contributed by atoms with Crippen LogP contribution in [-0.2, 0) is 0 Å². The SMILES string of the molecule is CCCCCCCC/C=C\CCCCCCCCNCCNCCNCCN. The first-order chi connectivity index (χ1) is 13.9. The normalized spacial score (nSPS) is 11.6. The summed E-state index contributed by atoms with van der Waals surface area (Å²) in [4.78, 5) is 0. The smallest absolute Gasteiger partial charge is 0.00772 e. The fourth-order valence-electron chi connectivity index (χ4n) is 3.33. The predicted octanol–water partition coefficient (Wildman–Crippen LogP) is 4.75. The van der Waals surface area contributed by atoms with Gasteiger partial charge in [0.1, 0.15) is 0 Å². The molecule has 0 rings (SSSR count). The van der Waals surface area contributed by atoms with Crippen molar-refractivity contribution in [3.63, 3.8) is 0 Å². The van der Waals surface area contributed by atoms with Gasteiger partial charge in [0.05, 0.1) is 0 Å². The van der Waals surface area contributed by atoms with E-state index in [0.717, 1.165) is 45.8 Å². The fraction of sp³-hybridized carbons (Fsp3) is 0.917. The van der Waals surface area contributed by atoms with Crippen molar-refractivity contribution in [3.05, 3.63) is 12.2 Å². The first kappa shape index (κ1) is 27.6. The van der Waals surface area contributed by atoms with Crippen LogP contribution in [-0.4, -0.2) is 45.8 Å². The standard InChI is InChI=1S/C24H52N4/c1-2-3-4-5-6-7-8-9-10-11-12-13-14-15-16-17-19-26-21-23-28-24-22-27-20-18-25/h9-10,26-28H,2-8,11-25H2,1H3/b10-9-. The molecule has 0 aromatic heterocycles. The summed E-state index contributed by atoms with van der Waals surface area (Å²) < 4.78 is 0. The van der Waals surface area contributed by atoms with Crippen molar-refractivity contribution in [2.24, 2.45) is 5.73 Å². The first-order valence-corrected chi connectivity index (χ1v) is 12.4. The summed E-state index contributed by atoms with van der Waals surface area (Å²) in [6.45, 7) is 9.23. The van der Waals surface area contributed by atoms with Crippen molar-refractivity contribution < 1.29 is 0 Å². The summed E-state index contributed by atoms with van der Waals surface area (Å²) in [6, 6.07) is 0. The van der Waals surface area contributed by atoms with Gasteiger partial charge in [-0.25, -0.2) is 0 Å². The molecule has 0 amide bonds. The molecule has 0 unspecified atom stereocenters. The quantitative estimate of drug-likeness (QED) is 0.140. The van der Waals surface area contributed by atoms with Crippen LogP contribution in [0.5, 0.6) is 0 Å². The van der Waals surface area contributed by atoms with E-state index in [2.05, 4.69) is 35.0 Å². The van der Waals surface area contributed by atoms with Gasteiger partial charge < -0.3 is 21.7 Å². The maximum absolute atomic E-state index is 5.43. The average molecular weight is 397 g/mol. The highest BCUT2D eigenvalue weighted by Crippen LogP contribution is 2.09. The molecule has 168 valence electrons. The second kappa shape index (κ2) is 26.6. The Kier molecular flexibility index (Phi) is 26.2. The second-order valence-corrected chi connectivity index (χ2v) is 7.98. The highest BCUT2D eigenvalue weighted by Gasteiger charge is 1.93. The molecule has 4 heteroatoms. The van der Waals surface area contributed by atoms with E-state index in [4.69, 9.17) is 5.73 Å². The van der Waals surface area contributed by atoms with Crippen molar-refractivity contribution in [3.8, 4) is 0 Å². The molecule has 0 aromatic carbocycles. The average Bonchev–Trinajstić information content (AvgIpc) is 2.71. The largest absolute Gasteiger partial charge is 0.329 e. The van der Waals surface area contributed by atoms with Gasteiger partial charge in [-0.05, 0) is 38.6 Å². The summed E-state index contributed by atoms with van der Waals surface area (Å²) in [7, 11) is 0. The van der Waals surface area contributed by atoms with E-state index < -0.39 is 0 Å². The monoisotopic (exact) mass is 396 g/mol. The van der Waals surface area contributed by atoms with Crippen LogP contribution >= 0.6 is 0 Å². The summed E-state index contributed by atoms with van der Waals surface area (Å²) in [5, 5.41) is 10.2. The molecule has 0 radical (unpaired) electrons. The van der Waals surface area contributed by atoms with Crippen LogP contribution in [0.2, 0.25) is 0 Å². The number of allylic oxidation sites excluding steroid dienone is 2. The van der Waals surface area contributed by atoms with Gasteiger partial charge in [0.25, 0.3) is 0 Å². The number of hydrogen-bond donors (Lipinski definition) is 4. The molecule has 5 N–H and O–H groups in total. The molecule has 0 fully saturated rings. The topological polar surface area (TPSA) is 62.1 Å². The fourth-order valence-corrected chi connectivity index (χ4v) is 3.33. The number of nitrogens with two attached hydrogens (primary N) is 1. The number of unbranched alkanes of at least 4 members (excludes halogenated alkanes) is 12. The van der Waals surface area contributed by atoms with Crippen LogP contribution in [0.25, 0.3) is 0 Å². The lowest BCUT2D eigenvalue weighted by Crippen LogP contribution is -2.34. The highest BCUT2D eigenvalue weighted by molar-refractivity contribution is 4.81. The molecule has 0 saturated carbocycles. The van der Waals surface area contributed by atoms with E-state index in [-0.39, 0.29) is 0 Å². The van der Waals surface area contributed by atoms with Crippen LogP contribution in [0.4, 0.5) is 0 Å². The van der Waals surface area contributed by atoms with Crippen LogP contribution < -0.4 is 21.7 Å². The number of nitrogens with one attached hydrogen (secondary N) is 3. The first-order valence-electron chi connectivity index (χ1n) is 12.4. The summed E-state index contributed by atoms with van der Waals surface area (Å²) >= 11 is 0. The molecule has 0 spiro atoms. The maximum Gasteiger partial charge on any atom is 0.00772 e. The second-order valence-electron chi connectivity index (χ2n) is 7.98. The maximum atomic E-state index is 5.43. The predicted molar refractivity (Wildman–Crippen MR) is 127 cm³/mol. The zero-order valence-electron chi connectivity index (χ0n) is 19.1. The molecule has 0 aliphatic heterocycles. The third kappa shape index (κ3) is 25.6. The highest BCUT2D eigenvalue weighted by atomic mass is 15.0. The Balaban J connectivity index is 3.03. The van der Waals surface area contributed by atoms with Crippen molar-refractivity contribution in [2.45, 2.75) is 96.8 Å². The van der Waals surface area contributed by atoms with E-state index in [1.807, 2.05) is 0 Å². The molecule has 0 aliphatic rings. The molecule has 0 aliphatic carbocycles. The Bertz CT molecular complexity index is 294. The zero-order valence-corrected chi connectivity index (χ0v) is 19.1. The molecule has 0 bridgehead atoms. The Morgan fingerprint density at radius 3 is 1.46 bits per heavy atom. The molecular formula is C24H52N4. The summed E-state index contributed by atoms with van der Waals surface area (Å²) in [5.41, 5.74) is 5.43. The van der Waals surface area contributed by atoms with E-state index in [9.17, 15) is 0 Å². The Morgan fingerprint density at radius 1 is 0.500 bits per heavy atom. The summed E-state index contributed by atoms with van der Waals surface area (Å²) in [6.07, 6.45) is 24.1. The molecule has 0 heterocycles. The van der Waals surface area contributed by atoms with Gasteiger partial charge in [-0.15, -0.1) is 0 Å². The Morgan fingerprint density at radius 2 is 0.929 bits per heavy atom. The molecular weight excluding hydrogens is 344 g/mol. The van der Waals surface area contributed by atoms with Gasteiger partial charge in [-0.2, -0.15) is 0 Å². The number of rotatable bonds is 24. The van der Waals surface area contributed by atoms with Gasteiger partial charge in [0, 0.05) is 39.3 Å². The van der Waals surface area contributed by atoms with Crippen molar-refractivity contribution >= 4 is 0 Å². The van der Waals surface area contributed by atoms with Crippen LogP contribution in [0.15, 0.2) is 12.2 Å². The zero-order chi connectivity index (χ0) is 20.4. The third-order valence-electron chi connectivity index (χ3n) is 5.14. The molecule has 0 atom stereocenters. The van der Waals surface area contributed by atoms with Crippen molar-refractivity contribution in [1.82, 2.24) is 16.0 Å². The molecule has 0 saturated heterocycles. The Labute approximate surface area is 176 Å². The van der Waals surface area contributed by atoms with E-state index in [1.165, 1.54) is 89.9 Å². The van der Waals surface area contributed by atoms with Gasteiger partial charge in [0.15, 0.2) is 0 Å². The third-order valence-corrected chi connectivity index (χ3v) is 5.14. The molecule has 0 aromatic rings. The van der Waals surface area contributed by atoms with Crippen molar-refractivity contribution in [2.75, 3.05) is 45.8 Å². The van der Waals surface area contributed by atoms with Crippen LogP contribution in [0.1, 0.15) is 96.8 Å².